The summed E-state index contributed by atoms with van der Waals surface area (Å²) in [5.41, 5.74) is 2.39. The fourth-order valence-electron chi connectivity index (χ4n) is 4.72. The normalized spacial score (nSPS) is 19.6. The van der Waals surface area contributed by atoms with Crippen molar-refractivity contribution in [3.8, 4) is 0 Å². The fourth-order valence-corrected chi connectivity index (χ4v) is 4.72. The van der Waals surface area contributed by atoms with Crippen LogP contribution in [0.15, 0.2) is 52.7 Å². The maximum absolute atomic E-state index is 14.4. The van der Waals surface area contributed by atoms with Crippen LogP contribution in [-0.4, -0.2) is 26.6 Å². The molecule has 6 nitrogen and oxygen atoms in total. The Balaban J connectivity index is 1.57. The number of halogens is 2. The summed E-state index contributed by atoms with van der Waals surface area (Å²) in [7, 11) is 0. The van der Waals surface area contributed by atoms with Gasteiger partial charge in [-0.1, -0.05) is 25.8 Å². The monoisotopic (exact) mass is 448 g/mol. The third kappa shape index (κ3) is 4.29. The first-order chi connectivity index (χ1) is 16.1. The van der Waals surface area contributed by atoms with E-state index in [0.29, 0.717) is 12.4 Å². The number of nitrogens with zero attached hydrogens (tertiary/aromatic N) is 5. The van der Waals surface area contributed by atoms with E-state index in [4.69, 9.17) is 9.98 Å². The van der Waals surface area contributed by atoms with Gasteiger partial charge in [0.05, 0.1) is 11.9 Å². The first-order valence-corrected chi connectivity index (χ1v) is 11.5. The van der Waals surface area contributed by atoms with Gasteiger partial charge in [0.1, 0.15) is 28.9 Å². The summed E-state index contributed by atoms with van der Waals surface area (Å²) in [5.74, 6) is 0.0442. The van der Waals surface area contributed by atoms with Crippen LogP contribution in [0, 0.1) is 17.6 Å². The Morgan fingerprint density at radius 1 is 1.09 bits per heavy atom. The Bertz CT molecular complexity index is 1170. The van der Waals surface area contributed by atoms with Crippen LogP contribution in [-0.2, 0) is 6.42 Å². The summed E-state index contributed by atoms with van der Waals surface area (Å²) < 4.78 is 30.9. The summed E-state index contributed by atoms with van der Waals surface area (Å²) in [6, 6.07) is 7.80. The molecule has 170 valence electrons. The number of aliphatic imine (C=N–C) groups is 2. The van der Waals surface area contributed by atoms with Crippen molar-refractivity contribution < 1.29 is 8.78 Å². The van der Waals surface area contributed by atoms with Gasteiger partial charge in [-0.25, -0.2) is 23.7 Å². The second kappa shape index (κ2) is 9.21. The number of amidine groups is 1. The van der Waals surface area contributed by atoms with Gasteiger partial charge in [0, 0.05) is 30.0 Å². The molecule has 33 heavy (non-hydrogen) atoms. The van der Waals surface area contributed by atoms with Crippen LogP contribution in [0.4, 0.5) is 26.1 Å². The molecule has 2 aliphatic rings. The predicted octanol–water partition coefficient (Wildman–Crippen LogP) is 6.15. The number of aromatic nitrogens is 3. The molecule has 8 heteroatoms. The molecule has 1 fully saturated rings. The van der Waals surface area contributed by atoms with E-state index in [1.165, 1.54) is 18.2 Å². The number of nitrogens with one attached hydrogen (secondary N) is 1. The highest BCUT2D eigenvalue weighted by atomic mass is 19.1. The molecule has 1 aliphatic heterocycles. The van der Waals surface area contributed by atoms with Gasteiger partial charge in [0.15, 0.2) is 0 Å². The Morgan fingerprint density at radius 2 is 1.82 bits per heavy atom. The van der Waals surface area contributed by atoms with Gasteiger partial charge in [0.25, 0.3) is 0 Å². The van der Waals surface area contributed by atoms with Crippen molar-refractivity contribution in [3.63, 3.8) is 0 Å². The van der Waals surface area contributed by atoms with Crippen molar-refractivity contribution in [1.29, 1.82) is 0 Å². The molecule has 1 aliphatic carbocycles. The average molecular weight is 449 g/mol. The zero-order chi connectivity index (χ0) is 22.8. The molecular weight excluding hydrogens is 422 g/mol. The van der Waals surface area contributed by atoms with E-state index >= 15 is 0 Å². The van der Waals surface area contributed by atoms with E-state index in [9.17, 15) is 8.78 Å². The van der Waals surface area contributed by atoms with Crippen LogP contribution in [0.25, 0.3) is 0 Å². The number of pyridine rings is 1. The van der Waals surface area contributed by atoms with E-state index in [1.54, 1.807) is 18.6 Å². The van der Waals surface area contributed by atoms with Crippen molar-refractivity contribution in [3.05, 3.63) is 65.7 Å². The molecule has 3 heterocycles. The molecule has 0 bridgehead atoms. The van der Waals surface area contributed by atoms with Gasteiger partial charge in [-0.15, -0.1) is 0 Å². The first-order valence-electron chi connectivity index (χ1n) is 11.5. The fraction of sp³-hybridized carbons (Fsp3) is 0.360. The summed E-state index contributed by atoms with van der Waals surface area (Å²) in [4.78, 5) is 18.2. The molecule has 1 aromatic carbocycles. The molecule has 0 amide bonds. The number of imidazole rings is 1. The first kappa shape index (κ1) is 21.4. The van der Waals surface area contributed by atoms with Crippen LogP contribution in [0.3, 0.4) is 0 Å². The number of para-hydroxylation sites is 1. The molecular formula is C25H26F2N6. The molecule has 0 spiro atoms. The lowest BCUT2D eigenvalue weighted by molar-refractivity contribution is 0.493. The molecule has 2 aromatic heterocycles. The van der Waals surface area contributed by atoms with Crippen molar-refractivity contribution in [1.82, 2.24) is 14.5 Å². The SMILES string of the molecule is CCC1Cc2c(nc(Nc3c(F)cccc3F)n2C2CCCC2)C=NC1=Nc1ccncc1. The third-order valence-electron chi connectivity index (χ3n) is 6.45. The highest BCUT2D eigenvalue weighted by molar-refractivity contribution is 5.98. The van der Waals surface area contributed by atoms with Crippen LogP contribution < -0.4 is 5.32 Å². The van der Waals surface area contributed by atoms with Gasteiger partial charge >= 0.3 is 0 Å². The molecule has 1 unspecified atom stereocenters. The van der Waals surface area contributed by atoms with Crippen LogP contribution in [0.1, 0.15) is 56.5 Å². The summed E-state index contributed by atoms with van der Waals surface area (Å²) >= 11 is 0. The molecule has 1 saturated carbocycles. The highest BCUT2D eigenvalue weighted by Crippen LogP contribution is 2.37. The van der Waals surface area contributed by atoms with E-state index < -0.39 is 11.6 Å². The maximum Gasteiger partial charge on any atom is 0.208 e. The number of hydrogen-bond acceptors (Lipinski definition) is 4. The van der Waals surface area contributed by atoms with Crippen molar-refractivity contribution in [2.45, 2.75) is 51.5 Å². The number of fused-ring (bicyclic) bond motifs is 1. The smallest absolute Gasteiger partial charge is 0.208 e. The molecule has 1 atom stereocenters. The Morgan fingerprint density at radius 3 is 2.52 bits per heavy atom. The standard InChI is InChI=1S/C25H26F2N6/c1-2-16-14-22-21(15-29-24(16)30-17-10-12-28-13-11-17)31-25(33(22)18-6-3-4-7-18)32-23-19(26)8-5-9-20(23)27/h5,8-13,15-16,18H,2-4,6-7,14H2,1H3,(H,31,32). The molecule has 0 saturated heterocycles. The predicted molar refractivity (Wildman–Crippen MR) is 126 cm³/mol. The summed E-state index contributed by atoms with van der Waals surface area (Å²) in [6.07, 6.45) is 11.0. The van der Waals surface area contributed by atoms with Gasteiger partial charge in [-0.3, -0.25) is 4.98 Å². The van der Waals surface area contributed by atoms with Gasteiger partial charge in [0.2, 0.25) is 5.95 Å². The van der Waals surface area contributed by atoms with Crippen molar-refractivity contribution in [2.24, 2.45) is 15.9 Å². The minimum absolute atomic E-state index is 0.102. The molecule has 5 rings (SSSR count). The molecule has 0 radical (unpaired) electrons. The van der Waals surface area contributed by atoms with Gasteiger partial charge < -0.3 is 9.88 Å². The van der Waals surface area contributed by atoms with Crippen LogP contribution in [0.5, 0.6) is 0 Å². The highest BCUT2D eigenvalue weighted by Gasteiger charge is 2.30. The number of benzene rings is 1. The van der Waals surface area contributed by atoms with Gasteiger partial charge in [-0.05, 0) is 49.9 Å². The second-order valence-electron chi connectivity index (χ2n) is 8.54. The zero-order valence-corrected chi connectivity index (χ0v) is 18.5. The second-order valence-corrected chi connectivity index (χ2v) is 8.54. The summed E-state index contributed by atoms with van der Waals surface area (Å²) in [5, 5.41) is 2.95. The van der Waals surface area contributed by atoms with Crippen LogP contribution in [0.2, 0.25) is 0 Å². The van der Waals surface area contributed by atoms with E-state index in [-0.39, 0.29) is 17.6 Å². The molecule has 1 N–H and O–H groups in total. The lowest BCUT2D eigenvalue weighted by Crippen LogP contribution is -2.18. The van der Waals surface area contributed by atoms with E-state index in [2.05, 4.69) is 26.8 Å². The molecule has 3 aromatic rings. The lowest BCUT2D eigenvalue weighted by atomic mass is 9.98. The Kier molecular flexibility index (Phi) is 5.98. The quantitative estimate of drug-likeness (QED) is 0.509. The van der Waals surface area contributed by atoms with Crippen LogP contribution >= 0.6 is 0 Å². The van der Waals surface area contributed by atoms with Crippen molar-refractivity contribution >= 4 is 29.4 Å². The third-order valence-corrected chi connectivity index (χ3v) is 6.45. The minimum atomic E-state index is -0.641. The minimum Gasteiger partial charge on any atom is -0.321 e. The van der Waals surface area contributed by atoms with Crippen molar-refractivity contribution in [2.75, 3.05) is 5.32 Å². The maximum atomic E-state index is 14.4. The number of hydrogen-bond donors (Lipinski definition) is 1. The van der Waals surface area contributed by atoms with Gasteiger partial charge in [-0.2, -0.15) is 0 Å². The average Bonchev–Trinajstić information content (AvgIpc) is 3.42. The summed E-state index contributed by atoms with van der Waals surface area (Å²) in [6.45, 7) is 2.12. The number of rotatable bonds is 5. The van der Waals surface area contributed by atoms with E-state index in [0.717, 1.165) is 55.0 Å². The zero-order valence-electron chi connectivity index (χ0n) is 18.5. The number of anilines is 2. The Hall–Kier alpha value is -3.42. The topological polar surface area (TPSA) is 67.5 Å². The largest absolute Gasteiger partial charge is 0.321 e. The van der Waals surface area contributed by atoms with E-state index in [1.807, 2.05) is 12.1 Å². The lowest BCUT2D eigenvalue weighted by Gasteiger charge is -2.21. The Labute approximate surface area is 191 Å².